The van der Waals surface area contributed by atoms with Gasteiger partial charge in [0.2, 0.25) is 0 Å². The normalized spacial score (nSPS) is 9.77. The average Bonchev–Trinajstić information content (AvgIpc) is 2.04. The van der Waals surface area contributed by atoms with Gasteiger partial charge in [-0.1, -0.05) is 39.5 Å². The number of unbranched alkanes of at least 4 members (excludes halogenated alkanes) is 2. The molecule has 0 fully saturated rings. The molecule has 0 aliphatic rings. The maximum Gasteiger partial charge on any atom is 2.00 e. The Kier molecular flexibility index (Phi) is 12.5. The van der Waals surface area contributed by atoms with Crippen LogP contribution in [0.5, 0.6) is 0 Å². The molecule has 0 aliphatic carbocycles. The summed E-state index contributed by atoms with van der Waals surface area (Å²) in [5.74, 6) is -0.707. The third-order valence-electron chi connectivity index (χ3n) is 2.16. The SMILES string of the molecule is CCCCC(CCCC)C(=O)O.[H-].[H-].[Mg+2]. The summed E-state index contributed by atoms with van der Waals surface area (Å²) in [5.41, 5.74) is 0. The summed E-state index contributed by atoms with van der Waals surface area (Å²) < 4.78 is 0. The number of carboxylic acids is 1. The van der Waals surface area contributed by atoms with Crippen LogP contribution in [0.25, 0.3) is 0 Å². The van der Waals surface area contributed by atoms with Crippen LogP contribution in [0.2, 0.25) is 0 Å². The van der Waals surface area contributed by atoms with Crippen molar-refractivity contribution < 1.29 is 12.8 Å². The molecule has 0 bridgehead atoms. The van der Waals surface area contributed by atoms with Gasteiger partial charge >= 0.3 is 29.0 Å². The molecule has 0 spiro atoms. The fourth-order valence-corrected chi connectivity index (χ4v) is 1.29. The minimum absolute atomic E-state index is 0. The van der Waals surface area contributed by atoms with E-state index < -0.39 is 5.97 Å². The van der Waals surface area contributed by atoms with Crippen molar-refractivity contribution in [3.05, 3.63) is 0 Å². The molecule has 0 rings (SSSR count). The predicted molar refractivity (Wildman–Crippen MR) is 58.2 cm³/mol. The minimum Gasteiger partial charge on any atom is -1.00 e. The molecule has 0 unspecified atom stereocenters. The zero-order valence-corrected chi connectivity index (χ0v) is 10.3. The van der Waals surface area contributed by atoms with Crippen LogP contribution in [0.3, 0.4) is 0 Å². The summed E-state index contributed by atoms with van der Waals surface area (Å²) in [5, 5.41) is 8.83. The van der Waals surface area contributed by atoms with Gasteiger partial charge in [0.15, 0.2) is 0 Å². The van der Waals surface area contributed by atoms with E-state index in [1.807, 2.05) is 0 Å². The van der Waals surface area contributed by atoms with Crippen molar-refractivity contribution in [2.75, 3.05) is 0 Å². The van der Waals surface area contributed by atoms with Gasteiger partial charge in [-0.2, -0.15) is 0 Å². The molecule has 0 aromatic heterocycles. The molecule has 0 aliphatic heterocycles. The maximum absolute atomic E-state index is 10.7. The molecule has 0 radical (unpaired) electrons. The van der Waals surface area contributed by atoms with Gasteiger partial charge in [-0.05, 0) is 12.8 Å². The van der Waals surface area contributed by atoms with Gasteiger partial charge < -0.3 is 7.96 Å². The summed E-state index contributed by atoms with van der Waals surface area (Å²) in [7, 11) is 0. The zero-order valence-electron chi connectivity index (χ0n) is 10.9. The van der Waals surface area contributed by atoms with Crippen molar-refractivity contribution in [2.45, 2.75) is 52.4 Å². The van der Waals surface area contributed by atoms with E-state index in [-0.39, 0.29) is 31.8 Å². The van der Waals surface area contributed by atoms with Gasteiger partial charge in [0, 0.05) is 0 Å². The maximum atomic E-state index is 10.7. The van der Waals surface area contributed by atoms with E-state index in [2.05, 4.69) is 13.8 Å². The van der Waals surface area contributed by atoms with Crippen LogP contribution in [-0.2, 0) is 4.79 Å². The number of aliphatic carboxylic acids is 1. The monoisotopic (exact) mass is 198 g/mol. The Balaban J connectivity index is -0.000000202. The van der Waals surface area contributed by atoms with Gasteiger partial charge in [0.05, 0.1) is 5.92 Å². The quantitative estimate of drug-likeness (QED) is 0.639. The van der Waals surface area contributed by atoms with E-state index in [9.17, 15) is 4.79 Å². The molecule has 0 atom stereocenters. The van der Waals surface area contributed by atoms with Crippen LogP contribution in [0, 0.1) is 5.92 Å². The molecule has 2 nitrogen and oxygen atoms in total. The van der Waals surface area contributed by atoms with E-state index >= 15 is 0 Å². The van der Waals surface area contributed by atoms with Gasteiger partial charge in [-0.25, -0.2) is 0 Å². The Labute approximate surface area is 100 Å². The first-order valence-corrected chi connectivity index (χ1v) is 4.95. The first-order chi connectivity index (χ1) is 5.72. The van der Waals surface area contributed by atoms with Gasteiger partial charge in [-0.3, -0.25) is 4.79 Å². The Hall–Kier alpha value is 0.236. The Morgan fingerprint density at radius 2 is 1.62 bits per heavy atom. The number of hydrogen-bond acceptors (Lipinski definition) is 1. The molecule has 0 saturated carbocycles. The molecule has 76 valence electrons. The average molecular weight is 199 g/mol. The first-order valence-electron chi connectivity index (χ1n) is 4.95. The molecule has 0 heterocycles. The Bertz CT molecular complexity index is 127. The summed E-state index contributed by atoms with van der Waals surface area (Å²) >= 11 is 0. The largest absolute Gasteiger partial charge is 2.00 e. The van der Waals surface area contributed by atoms with Crippen molar-refractivity contribution in [1.82, 2.24) is 0 Å². The minimum atomic E-state index is -0.614. The molecule has 0 aromatic rings. The topological polar surface area (TPSA) is 37.3 Å². The van der Waals surface area contributed by atoms with Crippen LogP contribution < -0.4 is 0 Å². The zero-order chi connectivity index (χ0) is 9.40. The number of carbonyl (C=O) groups is 1. The van der Waals surface area contributed by atoms with Crippen LogP contribution in [0.1, 0.15) is 55.2 Å². The molecule has 0 amide bonds. The first kappa shape index (κ1) is 15.7. The van der Waals surface area contributed by atoms with Crippen LogP contribution in [0.4, 0.5) is 0 Å². The van der Waals surface area contributed by atoms with Gasteiger partial charge in [0.1, 0.15) is 0 Å². The fourth-order valence-electron chi connectivity index (χ4n) is 1.29. The molecule has 0 saturated heterocycles. The van der Waals surface area contributed by atoms with Gasteiger partial charge in [-0.15, -0.1) is 0 Å². The second-order valence-corrected chi connectivity index (χ2v) is 3.32. The summed E-state index contributed by atoms with van der Waals surface area (Å²) in [6.45, 7) is 4.19. The molecule has 3 heteroatoms. The number of rotatable bonds is 7. The smallest absolute Gasteiger partial charge is 1.00 e. The third kappa shape index (κ3) is 8.56. The number of hydrogen-bond donors (Lipinski definition) is 1. The third-order valence-corrected chi connectivity index (χ3v) is 2.16. The van der Waals surface area contributed by atoms with Crippen molar-refractivity contribution in [2.24, 2.45) is 5.92 Å². The van der Waals surface area contributed by atoms with E-state index in [0.29, 0.717) is 0 Å². The Morgan fingerprint density at radius 3 is 1.85 bits per heavy atom. The van der Waals surface area contributed by atoms with E-state index in [0.717, 1.165) is 38.5 Å². The predicted octanol–water partition coefficient (Wildman–Crippen LogP) is 2.91. The van der Waals surface area contributed by atoms with E-state index in [4.69, 9.17) is 5.11 Å². The van der Waals surface area contributed by atoms with E-state index in [1.54, 1.807) is 0 Å². The molecular formula is C10H22MgO2. The van der Waals surface area contributed by atoms with Crippen LogP contribution >= 0.6 is 0 Å². The van der Waals surface area contributed by atoms with E-state index in [1.165, 1.54) is 0 Å². The summed E-state index contributed by atoms with van der Waals surface area (Å²) in [4.78, 5) is 10.7. The number of carboxylic acid groups (broad SMARTS) is 1. The Morgan fingerprint density at radius 1 is 1.23 bits per heavy atom. The summed E-state index contributed by atoms with van der Waals surface area (Å²) in [6.07, 6.45) is 5.98. The van der Waals surface area contributed by atoms with Crippen LogP contribution in [0.15, 0.2) is 0 Å². The standard InChI is InChI=1S/C10H20O2.Mg.2H/c1-3-5-7-9(10(11)12)8-6-4-2;;;/h9H,3-8H2,1-2H3,(H,11,12);;;/q;+2;2*-1. The van der Waals surface area contributed by atoms with Crippen LogP contribution in [-0.4, -0.2) is 34.1 Å². The summed E-state index contributed by atoms with van der Waals surface area (Å²) in [6, 6.07) is 0. The van der Waals surface area contributed by atoms with Gasteiger partial charge in [0.25, 0.3) is 0 Å². The van der Waals surface area contributed by atoms with Crippen molar-refractivity contribution in [1.29, 1.82) is 0 Å². The molecule has 0 aromatic carbocycles. The molecule has 13 heavy (non-hydrogen) atoms. The van der Waals surface area contributed by atoms with Crippen molar-refractivity contribution >= 4 is 29.0 Å². The fraction of sp³-hybridized carbons (Fsp3) is 0.900. The van der Waals surface area contributed by atoms with Crippen molar-refractivity contribution in [3.8, 4) is 0 Å². The second-order valence-electron chi connectivity index (χ2n) is 3.32. The van der Waals surface area contributed by atoms with Crippen molar-refractivity contribution in [3.63, 3.8) is 0 Å². The molecular weight excluding hydrogens is 176 g/mol. The second kappa shape index (κ2) is 10.3. The molecule has 1 N–H and O–H groups in total.